The number of carbonyl (C=O) groups is 1. The SMILES string of the molecule is Cc1cc(-c2ccnc(Nc3cnn(C4CCNC4)c3)n2)ccc1CNC(=O)c1cnc(C(C)(C)C)s1. The first kappa shape index (κ1) is 25.0. The lowest BCUT2D eigenvalue weighted by Gasteiger charge is -2.13. The van der Waals surface area contributed by atoms with Crippen LogP contribution in [0.5, 0.6) is 0 Å². The molecule has 0 radical (unpaired) electrons. The third-order valence-electron chi connectivity index (χ3n) is 6.37. The molecular formula is C27H32N8OS. The smallest absolute Gasteiger partial charge is 0.263 e. The van der Waals surface area contributed by atoms with E-state index in [9.17, 15) is 4.79 Å². The molecule has 1 saturated heterocycles. The number of amides is 1. The Bertz CT molecular complexity index is 1400. The number of rotatable bonds is 7. The number of hydrogen-bond acceptors (Lipinski definition) is 8. The van der Waals surface area contributed by atoms with Gasteiger partial charge in [-0.2, -0.15) is 5.10 Å². The number of hydrogen-bond donors (Lipinski definition) is 3. The molecule has 4 heterocycles. The van der Waals surface area contributed by atoms with Gasteiger partial charge in [0.25, 0.3) is 5.91 Å². The highest BCUT2D eigenvalue weighted by atomic mass is 32.1. The average Bonchev–Trinajstić information content (AvgIpc) is 3.64. The summed E-state index contributed by atoms with van der Waals surface area (Å²) in [4.78, 5) is 26.8. The van der Waals surface area contributed by atoms with E-state index in [0.717, 1.165) is 52.6 Å². The molecule has 192 valence electrons. The van der Waals surface area contributed by atoms with Crippen LogP contribution in [0, 0.1) is 6.92 Å². The van der Waals surface area contributed by atoms with E-state index in [-0.39, 0.29) is 11.3 Å². The monoisotopic (exact) mass is 516 g/mol. The van der Waals surface area contributed by atoms with Crippen LogP contribution >= 0.6 is 11.3 Å². The second kappa shape index (κ2) is 10.4. The Balaban J connectivity index is 1.23. The van der Waals surface area contributed by atoms with E-state index in [2.05, 4.69) is 57.9 Å². The van der Waals surface area contributed by atoms with E-state index in [1.807, 2.05) is 36.0 Å². The van der Waals surface area contributed by atoms with Gasteiger partial charge in [0, 0.05) is 36.5 Å². The number of anilines is 2. The van der Waals surface area contributed by atoms with Crippen molar-refractivity contribution in [3.05, 3.63) is 70.1 Å². The van der Waals surface area contributed by atoms with E-state index >= 15 is 0 Å². The number of nitrogens with zero attached hydrogens (tertiary/aromatic N) is 5. The number of aromatic nitrogens is 5. The minimum absolute atomic E-state index is 0.0683. The van der Waals surface area contributed by atoms with Crippen molar-refractivity contribution >= 4 is 28.9 Å². The summed E-state index contributed by atoms with van der Waals surface area (Å²) < 4.78 is 1.99. The maximum absolute atomic E-state index is 12.6. The van der Waals surface area contributed by atoms with Gasteiger partial charge in [0.2, 0.25) is 5.95 Å². The molecule has 0 spiro atoms. The lowest BCUT2D eigenvalue weighted by atomic mass is 9.98. The highest BCUT2D eigenvalue weighted by Gasteiger charge is 2.20. The molecule has 0 bridgehead atoms. The molecule has 3 aromatic heterocycles. The van der Waals surface area contributed by atoms with Gasteiger partial charge >= 0.3 is 0 Å². The predicted octanol–water partition coefficient (Wildman–Crippen LogP) is 4.61. The molecule has 1 aromatic carbocycles. The van der Waals surface area contributed by atoms with Gasteiger partial charge in [-0.05, 0) is 43.1 Å². The minimum atomic E-state index is -0.101. The van der Waals surface area contributed by atoms with E-state index in [1.165, 1.54) is 11.3 Å². The van der Waals surface area contributed by atoms with Gasteiger partial charge in [-0.25, -0.2) is 15.0 Å². The highest BCUT2D eigenvalue weighted by molar-refractivity contribution is 7.13. The number of thiazole rings is 1. The molecule has 1 amide bonds. The van der Waals surface area contributed by atoms with Crippen LogP contribution in [0.3, 0.4) is 0 Å². The number of nitrogens with one attached hydrogen (secondary N) is 3. The van der Waals surface area contributed by atoms with Gasteiger partial charge in [0.05, 0.1) is 34.8 Å². The van der Waals surface area contributed by atoms with E-state index in [4.69, 9.17) is 4.98 Å². The van der Waals surface area contributed by atoms with Gasteiger partial charge in [0.15, 0.2) is 0 Å². The molecule has 9 nitrogen and oxygen atoms in total. The van der Waals surface area contributed by atoms with Crippen LogP contribution in [0.15, 0.2) is 49.1 Å². The van der Waals surface area contributed by atoms with Gasteiger partial charge in [-0.1, -0.05) is 32.9 Å². The van der Waals surface area contributed by atoms with E-state index < -0.39 is 0 Å². The Labute approximate surface area is 220 Å². The second-order valence-electron chi connectivity index (χ2n) is 10.3. The first-order valence-electron chi connectivity index (χ1n) is 12.5. The summed E-state index contributed by atoms with van der Waals surface area (Å²) in [7, 11) is 0. The molecule has 0 aliphatic carbocycles. The summed E-state index contributed by atoms with van der Waals surface area (Å²) in [6.07, 6.45) is 8.29. The molecule has 1 atom stereocenters. The Hall–Kier alpha value is -3.63. The summed E-state index contributed by atoms with van der Waals surface area (Å²) in [6, 6.07) is 8.43. The third-order valence-corrected chi connectivity index (χ3v) is 7.79. The van der Waals surface area contributed by atoms with Crippen molar-refractivity contribution in [2.45, 2.75) is 52.1 Å². The fourth-order valence-electron chi connectivity index (χ4n) is 4.22. The largest absolute Gasteiger partial charge is 0.347 e. The van der Waals surface area contributed by atoms with Crippen LogP contribution in [0.2, 0.25) is 0 Å². The lowest BCUT2D eigenvalue weighted by molar-refractivity contribution is 0.0954. The van der Waals surface area contributed by atoms with Crippen LogP contribution in [-0.4, -0.2) is 43.7 Å². The van der Waals surface area contributed by atoms with Crippen molar-refractivity contribution in [2.24, 2.45) is 0 Å². The minimum Gasteiger partial charge on any atom is -0.347 e. The summed E-state index contributed by atoms with van der Waals surface area (Å²) in [5, 5.41) is 15.1. The van der Waals surface area contributed by atoms with Gasteiger partial charge in [0.1, 0.15) is 4.88 Å². The van der Waals surface area contributed by atoms with Crippen LogP contribution in [0.25, 0.3) is 11.3 Å². The summed E-state index contributed by atoms with van der Waals surface area (Å²) >= 11 is 1.45. The Morgan fingerprint density at radius 1 is 1.22 bits per heavy atom. The van der Waals surface area contributed by atoms with Crippen molar-refractivity contribution in [2.75, 3.05) is 18.4 Å². The van der Waals surface area contributed by atoms with Crippen LogP contribution in [-0.2, 0) is 12.0 Å². The van der Waals surface area contributed by atoms with Gasteiger partial charge in [-0.3, -0.25) is 9.48 Å². The molecule has 3 N–H and O–H groups in total. The average molecular weight is 517 g/mol. The van der Waals surface area contributed by atoms with Crippen molar-refractivity contribution in [1.29, 1.82) is 0 Å². The fourth-order valence-corrected chi connectivity index (χ4v) is 5.11. The summed E-state index contributed by atoms with van der Waals surface area (Å²) in [5.41, 5.74) is 4.74. The van der Waals surface area contributed by atoms with Crippen LogP contribution in [0.1, 0.15) is 59.0 Å². The third kappa shape index (κ3) is 5.86. The zero-order valence-corrected chi connectivity index (χ0v) is 22.4. The topological polar surface area (TPSA) is 110 Å². The Morgan fingerprint density at radius 3 is 2.81 bits per heavy atom. The van der Waals surface area contributed by atoms with Crippen LogP contribution in [0.4, 0.5) is 11.6 Å². The molecular weight excluding hydrogens is 484 g/mol. The molecule has 10 heteroatoms. The maximum atomic E-state index is 12.6. The summed E-state index contributed by atoms with van der Waals surface area (Å²) in [6.45, 7) is 10.7. The molecule has 5 rings (SSSR count). The fraction of sp³-hybridized carbons (Fsp3) is 0.370. The Morgan fingerprint density at radius 2 is 2.08 bits per heavy atom. The second-order valence-corrected chi connectivity index (χ2v) is 11.4. The van der Waals surface area contributed by atoms with Crippen molar-refractivity contribution < 1.29 is 4.79 Å². The summed E-state index contributed by atoms with van der Waals surface area (Å²) in [5.74, 6) is 0.422. The van der Waals surface area contributed by atoms with E-state index in [0.29, 0.717) is 23.4 Å². The normalized spacial score (nSPS) is 15.6. The van der Waals surface area contributed by atoms with Crippen molar-refractivity contribution in [3.63, 3.8) is 0 Å². The predicted molar refractivity (Wildman–Crippen MR) is 146 cm³/mol. The molecule has 1 unspecified atom stereocenters. The molecule has 1 aliphatic rings. The zero-order chi connectivity index (χ0) is 26.0. The highest BCUT2D eigenvalue weighted by Crippen LogP contribution is 2.27. The number of aryl methyl sites for hydroxylation is 1. The Kier molecular flexibility index (Phi) is 7.03. The molecule has 0 saturated carbocycles. The zero-order valence-electron chi connectivity index (χ0n) is 21.6. The first-order valence-corrected chi connectivity index (χ1v) is 13.3. The molecule has 1 fully saturated rings. The van der Waals surface area contributed by atoms with Crippen molar-refractivity contribution in [1.82, 2.24) is 35.4 Å². The quantitative estimate of drug-likeness (QED) is 0.329. The lowest BCUT2D eigenvalue weighted by Crippen LogP contribution is -2.22. The van der Waals surface area contributed by atoms with Gasteiger partial charge in [-0.15, -0.1) is 11.3 Å². The molecule has 37 heavy (non-hydrogen) atoms. The van der Waals surface area contributed by atoms with Crippen molar-refractivity contribution in [3.8, 4) is 11.3 Å². The molecule has 4 aromatic rings. The standard InChI is InChI=1S/C27H32N8OS/c1-17-11-18(5-6-19(17)12-30-24(36)23-15-31-25(37-23)27(2,3)4)22-8-10-29-26(34-22)33-20-13-32-35(16-20)21-7-9-28-14-21/h5-6,8,10-11,13,15-16,21,28H,7,9,12,14H2,1-4H3,(H,30,36)(H,29,33,34). The number of benzene rings is 1. The number of carbonyl (C=O) groups excluding carboxylic acids is 1. The maximum Gasteiger partial charge on any atom is 0.263 e. The first-order chi connectivity index (χ1) is 17.8. The molecule has 1 aliphatic heterocycles. The van der Waals surface area contributed by atoms with Gasteiger partial charge < -0.3 is 16.0 Å². The van der Waals surface area contributed by atoms with E-state index in [1.54, 1.807) is 18.6 Å². The van der Waals surface area contributed by atoms with Crippen LogP contribution < -0.4 is 16.0 Å².